The maximum atomic E-state index is 11.6. The second-order valence-corrected chi connectivity index (χ2v) is 4.86. The summed E-state index contributed by atoms with van der Waals surface area (Å²) in [6.45, 7) is 4.80. The van der Waals surface area contributed by atoms with Crippen LogP contribution in [0.3, 0.4) is 0 Å². The summed E-state index contributed by atoms with van der Waals surface area (Å²) in [4.78, 5) is 10.1. The van der Waals surface area contributed by atoms with E-state index < -0.39 is 25.5 Å². The third-order valence-corrected chi connectivity index (χ3v) is 3.48. The Kier molecular flexibility index (Phi) is 3.13. The van der Waals surface area contributed by atoms with Crippen molar-refractivity contribution in [2.75, 3.05) is 0 Å². The van der Waals surface area contributed by atoms with Crippen molar-refractivity contribution in [1.82, 2.24) is 9.78 Å². The van der Waals surface area contributed by atoms with Crippen LogP contribution in [0.4, 0.5) is 5.69 Å². The van der Waals surface area contributed by atoms with E-state index in [0.29, 0.717) is 5.41 Å². The van der Waals surface area contributed by atoms with E-state index >= 15 is 0 Å². The average molecular weight is 245 g/mol. The SMILES string of the molecule is C=CS(=O)(=O)c1c([N+](=O)[O-])c(CC)nn1C. The molecule has 0 N–H and O–H groups in total. The Morgan fingerprint density at radius 3 is 2.56 bits per heavy atom. The molecule has 0 aromatic carbocycles. The molecular formula is C8H11N3O4S. The number of aromatic nitrogens is 2. The van der Waals surface area contributed by atoms with Crippen molar-refractivity contribution in [2.45, 2.75) is 18.4 Å². The standard InChI is InChI=1S/C8H11N3O4S/c1-4-6-7(11(12)13)8(10(3)9-6)16(14,15)5-2/h5H,2,4H2,1,3H3. The summed E-state index contributed by atoms with van der Waals surface area (Å²) in [7, 11) is -2.52. The quantitative estimate of drug-likeness (QED) is 0.577. The minimum absolute atomic E-state index is 0.146. The molecule has 88 valence electrons. The van der Waals surface area contributed by atoms with Gasteiger partial charge in [0.1, 0.15) is 5.69 Å². The van der Waals surface area contributed by atoms with E-state index in [2.05, 4.69) is 11.7 Å². The monoisotopic (exact) mass is 245 g/mol. The van der Waals surface area contributed by atoms with Crippen LogP contribution in [0.2, 0.25) is 0 Å². The van der Waals surface area contributed by atoms with Gasteiger partial charge in [-0.1, -0.05) is 13.5 Å². The highest BCUT2D eigenvalue weighted by molar-refractivity contribution is 7.94. The van der Waals surface area contributed by atoms with E-state index in [-0.39, 0.29) is 12.1 Å². The van der Waals surface area contributed by atoms with Crippen molar-refractivity contribution in [3.8, 4) is 0 Å². The van der Waals surface area contributed by atoms with Gasteiger partial charge in [-0.2, -0.15) is 5.10 Å². The van der Waals surface area contributed by atoms with Crippen LogP contribution >= 0.6 is 0 Å². The van der Waals surface area contributed by atoms with Crippen molar-refractivity contribution in [2.24, 2.45) is 7.05 Å². The fraction of sp³-hybridized carbons (Fsp3) is 0.375. The van der Waals surface area contributed by atoms with Gasteiger partial charge in [0.15, 0.2) is 0 Å². The lowest BCUT2D eigenvalue weighted by molar-refractivity contribution is -0.388. The van der Waals surface area contributed by atoms with Gasteiger partial charge in [0.25, 0.3) is 0 Å². The normalized spacial score (nSPS) is 11.4. The zero-order valence-electron chi connectivity index (χ0n) is 8.87. The molecule has 0 saturated heterocycles. The Labute approximate surface area is 92.5 Å². The van der Waals surface area contributed by atoms with Gasteiger partial charge < -0.3 is 0 Å². The zero-order chi connectivity index (χ0) is 12.5. The number of rotatable bonds is 4. The zero-order valence-corrected chi connectivity index (χ0v) is 9.69. The highest BCUT2D eigenvalue weighted by Crippen LogP contribution is 2.28. The minimum atomic E-state index is -3.87. The van der Waals surface area contributed by atoms with Crippen LogP contribution in [-0.4, -0.2) is 23.1 Å². The molecule has 16 heavy (non-hydrogen) atoms. The first-order chi connectivity index (χ1) is 7.35. The van der Waals surface area contributed by atoms with Crippen LogP contribution < -0.4 is 0 Å². The lowest BCUT2D eigenvalue weighted by Crippen LogP contribution is -2.06. The molecule has 1 rings (SSSR count). The molecule has 0 fully saturated rings. The predicted molar refractivity (Wildman–Crippen MR) is 56.6 cm³/mol. The Balaban J connectivity index is 3.68. The number of sulfone groups is 1. The van der Waals surface area contributed by atoms with Crippen molar-refractivity contribution in [1.29, 1.82) is 0 Å². The van der Waals surface area contributed by atoms with Gasteiger partial charge in [-0.25, -0.2) is 8.42 Å². The summed E-state index contributed by atoms with van der Waals surface area (Å²) in [5.41, 5.74) is -0.321. The number of hydrogen-bond donors (Lipinski definition) is 0. The smallest absolute Gasteiger partial charge is 0.258 e. The van der Waals surface area contributed by atoms with Crippen LogP contribution in [0.5, 0.6) is 0 Å². The summed E-state index contributed by atoms with van der Waals surface area (Å²) in [5, 5.41) is 14.9. The second-order valence-electron chi connectivity index (χ2n) is 3.05. The average Bonchev–Trinajstić information content (AvgIpc) is 2.55. The van der Waals surface area contributed by atoms with Crippen LogP contribution in [0.25, 0.3) is 0 Å². The van der Waals surface area contributed by atoms with E-state index in [1.165, 1.54) is 7.05 Å². The maximum Gasteiger partial charge on any atom is 0.329 e. The Morgan fingerprint density at radius 1 is 1.62 bits per heavy atom. The first-order valence-corrected chi connectivity index (χ1v) is 5.97. The summed E-state index contributed by atoms with van der Waals surface area (Å²) in [6, 6.07) is 0. The molecule has 7 nitrogen and oxygen atoms in total. The first kappa shape index (κ1) is 12.4. The third-order valence-electron chi connectivity index (χ3n) is 2.05. The topological polar surface area (TPSA) is 95.1 Å². The van der Waals surface area contributed by atoms with Crippen LogP contribution in [0.15, 0.2) is 17.0 Å². The molecule has 0 aliphatic rings. The molecule has 0 spiro atoms. The molecule has 0 amide bonds. The molecule has 0 aliphatic carbocycles. The van der Waals surface area contributed by atoms with Crippen molar-refractivity contribution >= 4 is 15.5 Å². The number of nitro groups is 1. The summed E-state index contributed by atoms with van der Waals surface area (Å²) >= 11 is 0. The second kappa shape index (κ2) is 4.05. The summed E-state index contributed by atoms with van der Waals surface area (Å²) in [6.07, 6.45) is 0.289. The Hall–Kier alpha value is -1.70. The highest BCUT2D eigenvalue weighted by atomic mass is 32.2. The molecule has 1 aromatic heterocycles. The number of nitrogens with zero attached hydrogens (tertiary/aromatic N) is 3. The molecule has 8 heteroatoms. The van der Waals surface area contributed by atoms with Gasteiger partial charge in [-0.3, -0.25) is 14.8 Å². The van der Waals surface area contributed by atoms with Gasteiger partial charge in [-0.05, 0) is 6.42 Å². The molecule has 1 aromatic rings. The van der Waals surface area contributed by atoms with Crippen LogP contribution in [0, 0.1) is 10.1 Å². The van der Waals surface area contributed by atoms with Gasteiger partial charge in [-0.15, -0.1) is 0 Å². The van der Waals surface area contributed by atoms with E-state index in [0.717, 1.165) is 4.68 Å². The molecule has 0 bridgehead atoms. The fourth-order valence-electron chi connectivity index (χ4n) is 1.37. The summed E-state index contributed by atoms with van der Waals surface area (Å²) < 4.78 is 24.2. The molecule has 0 atom stereocenters. The Bertz CT molecular complexity index is 544. The van der Waals surface area contributed by atoms with Crippen molar-refractivity contribution in [3.63, 3.8) is 0 Å². The predicted octanol–water partition coefficient (Wildman–Crippen LogP) is 0.808. The van der Waals surface area contributed by atoms with Gasteiger partial charge in [0.05, 0.1) is 4.92 Å². The van der Waals surface area contributed by atoms with Crippen LogP contribution in [0.1, 0.15) is 12.6 Å². The number of aryl methyl sites for hydroxylation is 2. The van der Waals surface area contributed by atoms with E-state index in [1.54, 1.807) is 6.92 Å². The summed E-state index contributed by atoms with van der Waals surface area (Å²) in [5.74, 6) is 0. The molecule has 0 saturated carbocycles. The van der Waals surface area contributed by atoms with E-state index in [9.17, 15) is 18.5 Å². The lowest BCUT2D eigenvalue weighted by atomic mass is 10.3. The van der Waals surface area contributed by atoms with Crippen LogP contribution in [-0.2, 0) is 23.3 Å². The molecule has 0 unspecified atom stereocenters. The Morgan fingerprint density at radius 2 is 2.19 bits per heavy atom. The minimum Gasteiger partial charge on any atom is -0.258 e. The van der Waals surface area contributed by atoms with E-state index in [4.69, 9.17) is 0 Å². The lowest BCUT2D eigenvalue weighted by Gasteiger charge is -1.97. The molecular weight excluding hydrogens is 234 g/mol. The maximum absolute atomic E-state index is 11.6. The van der Waals surface area contributed by atoms with Gasteiger partial charge in [0.2, 0.25) is 14.9 Å². The van der Waals surface area contributed by atoms with Crippen molar-refractivity contribution in [3.05, 3.63) is 27.8 Å². The molecule has 1 heterocycles. The molecule has 0 radical (unpaired) electrons. The third kappa shape index (κ3) is 1.83. The highest BCUT2D eigenvalue weighted by Gasteiger charge is 2.32. The number of hydrogen-bond acceptors (Lipinski definition) is 5. The van der Waals surface area contributed by atoms with Gasteiger partial charge in [0, 0.05) is 12.5 Å². The fourth-order valence-corrected chi connectivity index (χ4v) is 2.40. The van der Waals surface area contributed by atoms with E-state index in [1.807, 2.05) is 0 Å². The van der Waals surface area contributed by atoms with Crippen molar-refractivity contribution < 1.29 is 13.3 Å². The molecule has 0 aliphatic heterocycles. The largest absolute Gasteiger partial charge is 0.329 e. The first-order valence-electron chi connectivity index (χ1n) is 4.43. The van der Waals surface area contributed by atoms with Gasteiger partial charge >= 0.3 is 5.69 Å².